The number of carbonyl (C=O) groups excluding carboxylic acids is 2. The molecule has 2 aromatic rings. The van der Waals surface area contributed by atoms with E-state index in [9.17, 15) is 9.59 Å². The summed E-state index contributed by atoms with van der Waals surface area (Å²) in [7, 11) is 0. The Hall–Kier alpha value is -2.37. The van der Waals surface area contributed by atoms with E-state index >= 15 is 0 Å². The van der Waals surface area contributed by atoms with Crippen LogP contribution in [0.1, 0.15) is 57.4 Å². The van der Waals surface area contributed by atoms with Crippen LogP contribution in [0, 0.1) is 20.8 Å². The van der Waals surface area contributed by atoms with Crippen molar-refractivity contribution in [3.05, 3.63) is 34.0 Å². The quantitative estimate of drug-likeness (QED) is 0.847. The Bertz CT molecular complexity index is 691. The summed E-state index contributed by atoms with van der Waals surface area (Å²) in [6.07, 6.45) is 0.601. The van der Waals surface area contributed by atoms with Gasteiger partial charge in [-0.3, -0.25) is 9.59 Å². The Balaban J connectivity index is 2.41. The molecule has 6 nitrogen and oxygen atoms in total. The van der Waals surface area contributed by atoms with Crippen LogP contribution in [-0.2, 0) is 6.42 Å². The molecular formula is C15H19N3O3. The fraction of sp³-hybridized carbons (Fsp3) is 0.400. The molecule has 0 aromatic carbocycles. The van der Waals surface area contributed by atoms with Gasteiger partial charge in [0, 0.05) is 11.3 Å². The van der Waals surface area contributed by atoms with E-state index in [0.717, 1.165) is 5.56 Å². The number of aromatic amines is 1. The third-order valence-electron chi connectivity index (χ3n) is 3.50. The van der Waals surface area contributed by atoms with E-state index < -0.39 is 0 Å². The Labute approximate surface area is 122 Å². The third-order valence-corrected chi connectivity index (χ3v) is 3.50. The molecular weight excluding hydrogens is 270 g/mol. The van der Waals surface area contributed by atoms with Crippen LogP contribution in [0.5, 0.6) is 0 Å². The molecule has 0 aliphatic heterocycles. The summed E-state index contributed by atoms with van der Waals surface area (Å²) in [6, 6.07) is 0. The van der Waals surface area contributed by atoms with Gasteiger partial charge in [0.25, 0.3) is 5.91 Å². The molecule has 2 aromatic heterocycles. The number of ketones is 1. The highest BCUT2D eigenvalue weighted by atomic mass is 16.5. The maximum Gasteiger partial charge on any atom is 0.272 e. The lowest BCUT2D eigenvalue weighted by molar-refractivity contribution is 0.101. The number of Topliss-reactive ketones (excluding diaryl/α,β-unsaturated/α-hetero) is 1. The van der Waals surface area contributed by atoms with Crippen molar-refractivity contribution >= 4 is 17.4 Å². The maximum atomic E-state index is 12.5. The van der Waals surface area contributed by atoms with Crippen LogP contribution in [0.2, 0.25) is 0 Å². The van der Waals surface area contributed by atoms with Gasteiger partial charge in [-0.2, -0.15) is 0 Å². The van der Waals surface area contributed by atoms with E-state index in [1.165, 1.54) is 6.92 Å². The Morgan fingerprint density at radius 1 is 1.29 bits per heavy atom. The van der Waals surface area contributed by atoms with E-state index in [2.05, 4.69) is 15.5 Å². The van der Waals surface area contributed by atoms with E-state index in [-0.39, 0.29) is 11.7 Å². The van der Waals surface area contributed by atoms with Gasteiger partial charge < -0.3 is 14.8 Å². The fourth-order valence-electron chi connectivity index (χ4n) is 2.54. The molecule has 0 saturated heterocycles. The van der Waals surface area contributed by atoms with E-state index in [4.69, 9.17) is 4.52 Å². The molecule has 1 amide bonds. The molecule has 6 heteroatoms. The van der Waals surface area contributed by atoms with Crippen LogP contribution < -0.4 is 5.32 Å². The number of aryl methyl sites for hydroxylation is 3. The molecule has 2 rings (SSSR count). The molecule has 0 fully saturated rings. The average Bonchev–Trinajstić information content (AvgIpc) is 2.92. The molecule has 0 unspecified atom stereocenters. The third kappa shape index (κ3) is 2.61. The maximum absolute atomic E-state index is 12.5. The molecule has 2 heterocycles. The lowest BCUT2D eigenvalue weighted by Crippen LogP contribution is -2.15. The molecule has 0 aliphatic carbocycles. The standard InChI is InChI=1S/C15H19N3O3/c1-6-11-12(9(4)19)7(2)16-14(11)15(20)17-13-8(3)18-21-10(13)5/h16H,6H2,1-5H3,(H,17,20). The molecule has 0 atom stereocenters. The van der Waals surface area contributed by atoms with E-state index in [1.54, 1.807) is 20.8 Å². The second kappa shape index (κ2) is 5.55. The predicted molar refractivity (Wildman–Crippen MR) is 78.8 cm³/mol. The smallest absolute Gasteiger partial charge is 0.272 e. The number of nitrogens with zero attached hydrogens (tertiary/aromatic N) is 1. The van der Waals surface area contributed by atoms with Crippen LogP contribution in [0.25, 0.3) is 0 Å². The number of carbonyl (C=O) groups is 2. The second-order valence-corrected chi connectivity index (χ2v) is 5.04. The number of H-pyrrole nitrogens is 1. The number of anilines is 1. The first kappa shape index (κ1) is 15.0. The molecule has 0 radical (unpaired) electrons. The minimum Gasteiger partial charge on any atom is -0.359 e. The highest BCUT2D eigenvalue weighted by Crippen LogP contribution is 2.23. The average molecular weight is 289 g/mol. The highest BCUT2D eigenvalue weighted by molar-refractivity contribution is 6.08. The van der Waals surface area contributed by atoms with E-state index in [1.807, 2.05) is 6.92 Å². The normalized spacial score (nSPS) is 10.7. The predicted octanol–water partition coefficient (Wildman–Crippen LogP) is 2.95. The van der Waals surface area contributed by atoms with Crippen molar-refractivity contribution in [3.8, 4) is 0 Å². The van der Waals surface area contributed by atoms with Gasteiger partial charge >= 0.3 is 0 Å². The van der Waals surface area contributed by atoms with Gasteiger partial charge in [-0.05, 0) is 39.7 Å². The van der Waals surface area contributed by atoms with Gasteiger partial charge in [0.2, 0.25) is 0 Å². The van der Waals surface area contributed by atoms with Gasteiger partial charge in [-0.1, -0.05) is 12.1 Å². The minimum absolute atomic E-state index is 0.0445. The lowest BCUT2D eigenvalue weighted by Gasteiger charge is -2.05. The van der Waals surface area contributed by atoms with Crippen molar-refractivity contribution in [1.29, 1.82) is 0 Å². The molecule has 0 saturated carbocycles. The Morgan fingerprint density at radius 3 is 2.43 bits per heavy atom. The zero-order valence-electron chi connectivity index (χ0n) is 12.9. The Morgan fingerprint density at radius 2 is 1.95 bits per heavy atom. The van der Waals surface area contributed by atoms with Gasteiger partial charge in [-0.25, -0.2) is 0 Å². The van der Waals surface area contributed by atoms with Gasteiger partial charge in [0.1, 0.15) is 17.1 Å². The number of nitrogens with one attached hydrogen (secondary N) is 2. The van der Waals surface area contributed by atoms with Gasteiger partial charge in [-0.15, -0.1) is 0 Å². The summed E-state index contributed by atoms with van der Waals surface area (Å²) in [5, 5.41) is 6.59. The van der Waals surface area contributed by atoms with Crippen molar-refractivity contribution in [3.63, 3.8) is 0 Å². The second-order valence-electron chi connectivity index (χ2n) is 5.04. The zero-order chi connectivity index (χ0) is 15.7. The van der Waals surface area contributed by atoms with Crippen LogP contribution in [0.3, 0.4) is 0 Å². The molecule has 2 N–H and O–H groups in total. The van der Waals surface area contributed by atoms with Crippen molar-refractivity contribution < 1.29 is 14.1 Å². The first-order valence-corrected chi connectivity index (χ1v) is 6.83. The lowest BCUT2D eigenvalue weighted by atomic mass is 10.0. The number of rotatable bonds is 4. The number of amides is 1. The number of aromatic nitrogens is 2. The molecule has 112 valence electrons. The van der Waals surface area contributed by atoms with Crippen LogP contribution in [0.4, 0.5) is 5.69 Å². The molecule has 21 heavy (non-hydrogen) atoms. The number of hydrogen-bond donors (Lipinski definition) is 2. The summed E-state index contributed by atoms with van der Waals surface area (Å²) in [6.45, 7) is 8.71. The molecule has 0 spiro atoms. The largest absolute Gasteiger partial charge is 0.359 e. The SMILES string of the molecule is CCc1c(C(=O)Nc2c(C)noc2C)[nH]c(C)c1C(C)=O. The summed E-state index contributed by atoms with van der Waals surface area (Å²) in [5.41, 5.74) is 3.65. The Kier molecular flexibility index (Phi) is 3.97. The summed E-state index contributed by atoms with van der Waals surface area (Å²) in [4.78, 5) is 27.2. The molecule has 0 bridgehead atoms. The van der Waals surface area contributed by atoms with Crippen molar-refractivity contribution in [2.45, 2.75) is 41.0 Å². The zero-order valence-corrected chi connectivity index (χ0v) is 12.9. The van der Waals surface area contributed by atoms with Crippen molar-refractivity contribution in [2.24, 2.45) is 0 Å². The van der Waals surface area contributed by atoms with Crippen LogP contribution >= 0.6 is 0 Å². The van der Waals surface area contributed by atoms with Gasteiger partial charge in [0.05, 0.1) is 0 Å². The van der Waals surface area contributed by atoms with Crippen molar-refractivity contribution in [2.75, 3.05) is 5.32 Å². The minimum atomic E-state index is -0.295. The topological polar surface area (TPSA) is 88.0 Å². The summed E-state index contributed by atoms with van der Waals surface area (Å²) < 4.78 is 5.03. The van der Waals surface area contributed by atoms with Crippen LogP contribution in [-0.4, -0.2) is 21.8 Å². The highest BCUT2D eigenvalue weighted by Gasteiger charge is 2.23. The van der Waals surface area contributed by atoms with Crippen molar-refractivity contribution in [1.82, 2.24) is 10.1 Å². The fourth-order valence-corrected chi connectivity index (χ4v) is 2.54. The molecule has 0 aliphatic rings. The first-order valence-electron chi connectivity index (χ1n) is 6.83. The van der Waals surface area contributed by atoms with Crippen LogP contribution in [0.15, 0.2) is 4.52 Å². The van der Waals surface area contributed by atoms with Gasteiger partial charge in [0.15, 0.2) is 11.5 Å². The summed E-state index contributed by atoms with van der Waals surface area (Å²) >= 11 is 0. The first-order chi connectivity index (χ1) is 9.86. The van der Waals surface area contributed by atoms with E-state index in [0.29, 0.717) is 40.5 Å². The number of hydrogen-bond acceptors (Lipinski definition) is 4. The summed E-state index contributed by atoms with van der Waals surface area (Å²) in [5.74, 6) is 0.211. The monoisotopic (exact) mass is 289 g/mol.